The van der Waals surface area contributed by atoms with E-state index in [9.17, 15) is 0 Å². The number of aliphatic hydroxyl groups excluding tert-OH is 1. The second-order valence-electron chi connectivity index (χ2n) is 4.27. The van der Waals surface area contributed by atoms with Gasteiger partial charge in [0.25, 0.3) is 0 Å². The number of aliphatic hydroxyl groups is 1. The average molecular weight is 226 g/mol. The van der Waals surface area contributed by atoms with E-state index in [1.54, 1.807) is 6.92 Å². The molecule has 1 heterocycles. The largest absolute Gasteiger partial charge is 0.392 e. The van der Waals surface area contributed by atoms with E-state index in [4.69, 9.17) is 5.11 Å². The van der Waals surface area contributed by atoms with Gasteiger partial charge in [-0.3, -0.25) is 0 Å². The minimum absolute atomic E-state index is 0.274. The minimum atomic E-state index is -0.274. The van der Waals surface area contributed by atoms with Crippen LogP contribution in [0.25, 0.3) is 0 Å². The molecule has 1 aromatic rings. The van der Waals surface area contributed by atoms with Gasteiger partial charge in [0.2, 0.25) is 0 Å². The summed E-state index contributed by atoms with van der Waals surface area (Å²) in [6.07, 6.45) is 5.68. The zero-order chi connectivity index (χ0) is 10.7. The third-order valence-corrected chi connectivity index (χ3v) is 3.92. The van der Waals surface area contributed by atoms with Crippen molar-refractivity contribution in [3.8, 4) is 0 Å². The zero-order valence-corrected chi connectivity index (χ0v) is 9.89. The van der Waals surface area contributed by atoms with Crippen molar-refractivity contribution < 1.29 is 5.11 Å². The van der Waals surface area contributed by atoms with Crippen molar-refractivity contribution in [2.75, 3.05) is 6.54 Å². The Labute approximate surface area is 94.5 Å². The molecule has 2 rings (SSSR count). The number of thiazole rings is 1. The summed E-state index contributed by atoms with van der Waals surface area (Å²) in [4.78, 5) is 5.73. The molecule has 0 aromatic carbocycles. The first kappa shape index (κ1) is 11.0. The van der Waals surface area contributed by atoms with Crippen LogP contribution in [0, 0.1) is 0 Å². The number of nitrogens with one attached hydrogen (secondary N) is 1. The molecule has 0 saturated heterocycles. The summed E-state index contributed by atoms with van der Waals surface area (Å²) < 4.78 is 0. The lowest BCUT2D eigenvalue weighted by Gasteiger charge is -2.22. The molecule has 0 bridgehead atoms. The van der Waals surface area contributed by atoms with Gasteiger partial charge in [-0.15, -0.1) is 11.3 Å². The second-order valence-corrected chi connectivity index (χ2v) is 5.42. The third kappa shape index (κ3) is 3.00. The van der Waals surface area contributed by atoms with E-state index in [2.05, 4.69) is 10.3 Å². The Kier molecular flexibility index (Phi) is 3.72. The average Bonchev–Trinajstić information content (AvgIpc) is 2.49. The molecular weight excluding hydrogens is 208 g/mol. The van der Waals surface area contributed by atoms with E-state index in [0.717, 1.165) is 12.5 Å². The number of aromatic nitrogens is 1. The van der Waals surface area contributed by atoms with Crippen molar-refractivity contribution >= 4 is 11.3 Å². The lowest BCUT2D eigenvalue weighted by Crippen LogP contribution is -2.23. The topological polar surface area (TPSA) is 45.1 Å². The standard InChI is InChI=1S/C11H18N2OS/c1-8(14)5-12-6-10-7-13-11(15-10)9-3-2-4-9/h7-9,12,14H,2-6H2,1H3/t8-/m0/s1. The van der Waals surface area contributed by atoms with Crippen LogP contribution in [0.5, 0.6) is 0 Å². The summed E-state index contributed by atoms with van der Waals surface area (Å²) in [5.74, 6) is 0.737. The highest BCUT2D eigenvalue weighted by atomic mass is 32.1. The Morgan fingerprint density at radius 1 is 1.67 bits per heavy atom. The predicted molar refractivity (Wildman–Crippen MR) is 62.1 cm³/mol. The van der Waals surface area contributed by atoms with Crippen LogP contribution in [-0.2, 0) is 6.54 Å². The minimum Gasteiger partial charge on any atom is -0.392 e. The Bertz CT molecular complexity index is 307. The summed E-state index contributed by atoms with van der Waals surface area (Å²) in [5, 5.41) is 13.6. The molecule has 2 N–H and O–H groups in total. The van der Waals surface area contributed by atoms with E-state index in [1.807, 2.05) is 17.5 Å². The molecule has 0 amide bonds. The third-order valence-electron chi connectivity index (χ3n) is 2.76. The molecule has 84 valence electrons. The first-order chi connectivity index (χ1) is 7.25. The number of hydrogen-bond donors (Lipinski definition) is 2. The van der Waals surface area contributed by atoms with Crippen molar-refractivity contribution in [1.29, 1.82) is 0 Å². The van der Waals surface area contributed by atoms with E-state index in [1.165, 1.54) is 29.1 Å². The Morgan fingerprint density at radius 2 is 2.47 bits per heavy atom. The maximum Gasteiger partial charge on any atom is 0.0959 e. The van der Waals surface area contributed by atoms with Crippen molar-refractivity contribution in [1.82, 2.24) is 10.3 Å². The second kappa shape index (κ2) is 5.05. The molecule has 1 fully saturated rings. The van der Waals surface area contributed by atoms with E-state index >= 15 is 0 Å². The van der Waals surface area contributed by atoms with Crippen molar-refractivity contribution in [3.05, 3.63) is 16.1 Å². The quantitative estimate of drug-likeness (QED) is 0.806. The van der Waals surface area contributed by atoms with E-state index < -0.39 is 0 Å². The van der Waals surface area contributed by atoms with E-state index in [-0.39, 0.29) is 6.10 Å². The monoisotopic (exact) mass is 226 g/mol. The highest BCUT2D eigenvalue weighted by Gasteiger charge is 2.22. The van der Waals surface area contributed by atoms with Crippen LogP contribution in [0.4, 0.5) is 0 Å². The molecule has 15 heavy (non-hydrogen) atoms. The lowest BCUT2D eigenvalue weighted by atomic mass is 9.86. The first-order valence-corrected chi connectivity index (χ1v) is 6.40. The summed E-state index contributed by atoms with van der Waals surface area (Å²) in [5.41, 5.74) is 0. The Morgan fingerprint density at radius 3 is 3.07 bits per heavy atom. The molecule has 1 aliphatic carbocycles. The SMILES string of the molecule is C[C@H](O)CNCc1cnc(C2CCC2)s1. The van der Waals surface area contributed by atoms with Crippen LogP contribution in [0.1, 0.15) is 42.0 Å². The molecule has 4 heteroatoms. The maximum atomic E-state index is 9.10. The van der Waals surface area contributed by atoms with Gasteiger partial charge in [-0.25, -0.2) is 4.98 Å². The van der Waals surface area contributed by atoms with Crippen LogP contribution >= 0.6 is 11.3 Å². The molecule has 1 aromatic heterocycles. The Balaban J connectivity index is 1.79. The number of hydrogen-bond acceptors (Lipinski definition) is 4. The van der Waals surface area contributed by atoms with Crippen molar-refractivity contribution in [3.63, 3.8) is 0 Å². The summed E-state index contributed by atoms with van der Waals surface area (Å²) >= 11 is 1.81. The molecule has 1 saturated carbocycles. The fourth-order valence-corrected chi connectivity index (χ4v) is 2.71. The Hall–Kier alpha value is -0.450. The molecule has 1 atom stereocenters. The predicted octanol–water partition coefficient (Wildman–Crippen LogP) is 1.88. The van der Waals surface area contributed by atoms with E-state index in [0.29, 0.717) is 6.54 Å². The molecular formula is C11H18N2OS. The molecule has 0 unspecified atom stereocenters. The number of nitrogens with zero attached hydrogens (tertiary/aromatic N) is 1. The van der Waals surface area contributed by atoms with Gasteiger partial charge >= 0.3 is 0 Å². The van der Waals surface area contributed by atoms with Crippen LogP contribution in [0.15, 0.2) is 6.20 Å². The van der Waals surface area contributed by atoms with Crippen molar-refractivity contribution in [2.45, 2.75) is 44.8 Å². The van der Waals surface area contributed by atoms with Gasteiger partial charge in [-0.1, -0.05) is 6.42 Å². The first-order valence-electron chi connectivity index (χ1n) is 5.59. The molecule has 1 aliphatic rings. The van der Waals surface area contributed by atoms with Crippen LogP contribution in [-0.4, -0.2) is 22.7 Å². The van der Waals surface area contributed by atoms with Gasteiger partial charge in [-0.2, -0.15) is 0 Å². The van der Waals surface area contributed by atoms with Gasteiger partial charge in [0.1, 0.15) is 0 Å². The lowest BCUT2D eigenvalue weighted by molar-refractivity contribution is 0.191. The van der Waals surface area contributed by atoms with Crippen LogP contribution in [0.3, 0.4) is 0 Å². The smallest absolute Gasteiger partial charge is 0.0959 e. The highest BCUT2D eigenvalue weighted by molar-refractivity contribution is 7.11. The zero-order valence-electron chi connectivity index (χ0n) is 9.07. The highest BCUT2D eigenvalue weighted by Crippen LogP contribution is 2.38. The summed E-state index contributed by atoms with van der Waals surface area (Å²) in [7, 11) is 0. The van der Waals surface area contributed by atoms with Gasteiger partial charge < -0.3 is 10.4 Å². The molecule has 0 radical (unpaired) electrons. The van der Waals surface area contributed by atoms with Crippen LogP contribution in [0.2, 0.25) is 0 Å². The summed E-state index contributed by atoms with van der Waals surface area (Å²) in [6.45, 7) is 3.27. The molecule has 0 spiro atoms. The van der Waals surface area contributed by atoms with Crippen molar-refractivity contribution in [2.24, 2.45) is 0 Å². The fourth-order valence-electron chi connectivity index (χ4n) is 1.65. The molecule has 0 aliphatic heterocycles. The normalized spacial score (nSPS) is 18.8. The number of rotatable bonds is 5. The fraction of sp³-hybridized carbons (Fsp3) is 0.727. The van der Waals surface area contributed by atoms with Gasteiger partial charge in [-0.05, 0) is 19.8 Å². The maximum absolute atomic E-state index is 9.10. The summed E-state index contributed by atoms with van der Waals surface area (Å²) in [6, 6.07) is 0. The molecule has 3 nitrogen and oxygen atoms in total. The van der Waals surface area contributed by atoms with Gasteiger partial charge in [0.05, 0.1) is 11.1 Å². The van der Waals surface area contributed by atoms with Gasteiger partial charge in [0, 0.05) is 30.1 Å². The van der Waals surface area contributed by atoms with Crippen LogP contribution < -0.4 is 5.32 Å². The van der Waals surface area contributed by atoms with Gasteiger partial charge in [0.15, 0.2) is 0 Å².